The standard InChI is InChI=1S/C10H13N3O/c11-5-4-10(2-3-10)8-12-7-9-1-6-13-14-9/h1,6,12H,2-4,7-8H2. The fourth-order valence-corrected chi connectivity index (χ4v) is 1.54. The number of nitrogens with zero attached hydrogens (tertiary/aromatic N) is 2. The number of hydrogen-bond donors (Lipinski definition) is 1. The van der Waals surface area contributed by atoms with Gasteiger partial charge in [-0.3, -0.25) is 0 Å². The molecule has 14 heavy (non-hydrogen) atoms. The number of nitriles is 1. The quantitative estimate of drug-likeness (QED) is 0.765. The second-order valence-electron chi connectivity index (χ2n) is 3.92. The molecule has 0 aromatic carbocycles. The molecule has 1 aromatic heterocycles. The van der Waals surface area contributed by atoms with Gasteiger partial charge in [0, 0.05) is 19.0 Å². The Morgan fingerprint density at radius 3 is 3.07 bits per heavy atom. The molecule has 1 fully saturated rings. The predicted molar refractivity (Wildman–Crippen MR) is 50.1 cm³/mol. The Morgan fingerprint density at radius 2 is 2.50 bits per heavy atom. The predicted octanol–water partition coefficient (Wildman–Crippen LogP) is 1.46. The number of rotatable bonds is 5. The summed E-state index contributed by atoms with van der Waals surface area (Å²) in [5.74, 6) is 0.845. The van der Waals surface area contributed by atoms with E-state index in [2.05, 4.69) is 16.5 Å². The van der Waals surface area contributed by atoms with Gasteiger partial charge in [-0.1, -0.05) is 5.16 Å². The van der Waals surface area contributed by atoms with Crippen LogP contribution in [0.25, 0.3) is 0 Å². The summed E-state index contributed by atoms with van der Waals surface area (Å²) in [6.45, 7) is 1.61. The molecule has 0 unspecified atom stereocenters. The minimum atomic E-state index is 0.259. The monoisotopic (exact) mass is 191 g/mol. The third kappa shape index (κ3) is 2.12. The van der Waals surface area contributed by atoms with Crippen molar-refractivity contribution >= 4 is 0 Å². The zero-order valence-electron chi connectivity index (χ0n) is 7.99. The lowest BCUT2D eigenvalue weighted by atomic mass is 10.0. The lowest BCUT2D eigenvalue weighted by Crippen LogP contribution is -2.23. The van der Waals surface area contributed by atoms with Crippen LogP contribution in [0.4, 0.5) is 0 Å². The molecule has 0 amide bonds. The summed E-state index contributed by atoms with van der Waals surface area (Å²) in [6.07, 6.45) is 4.64. The Labute approximate surface area is 82.9 Å². The van der Waals surface area contributed by atoms with Gasteiger partial charge in [0.15, 0.2) is 0 Å². The van der Waals surface area contributed by atoms with E-state index in [0.29, 0.717) is 13.0 Å². The van der Waals surface area contributed by atoms with Gasteiger partial charge in [0.1, 0.15) is 5.76 Å². The van der Waals surface area contributed by atoms with Crippen molar-refractivity contribution < 1.29 is 4.52 Å². The summed E-state index contributed by atoms with van der Waals surface area (Å²) in [5, 5.41) is 15.5. The van der Waals surface area contributed by atoms with E-state index < -0.39 is 0 Å². The van der Waals surface area contributed by atoms with Crippen LogP contribution in [0.2, 0.25) is 0 Å². The molecule has 0 bridgehead atoms. The van der Waals surface area contributed by atoms with Crippen molar-refractivity contribution in [2.75, 3.05) is 6.54 Å². The highest BCUT2D eigenvalue weighted by Gasteiger charge is 2.41. The van der Waals surface area contributed by atoms with Crippen LogP contribution in [0.5, 0.6) is 0 Å². The van der Waals surface area contributed by atoms with E-state index in [1.807, 2.05) is 6.07 Å². The van der Waals surface area contributed by atoms with Crippen molar-refractivity contribution in [2.45, 2.75) is 25.8 Å². The Hall–Kier alpha value is -1.34. The SMILES string of the molecule is N#CCC1(CNCc2ccno2)CC1. The lowest BCUT2D eigenvalue weighted by Gasteiger charge is -2.10. The molecule has 0 aliphatic heterocycles. The van der Waals surface area contributed by atoms with E-state index in [9.17, 15) is 0 Å². The number of hydrogen-bond acceptors (Lipinski definition) is 4. The molecule has 0 atom stereocenters. The molecule has 1 N–H and O–H groups in total. The van der Waals surface area contributed by atoms with E-state index in [-0.39, 0.29) is 5.41 Å². The topological polar surface area (TPSA) is 61.9 Å². The molecule has 0 spiro atoms. The van der Waals surface area contributed by atoms with Gasteiger partial charge < -0.3 is 9.84 Å². The van der Waals surface area contributed by atoms with Crippen LogP contribution in [0.3, 0.4) is 0 Å². The Morgan fingerprint density at radius 1 is 1.64 bits per heavy atom. The van der Waals surface area contributed by atoms with Gasteiger partial charge in [-0.05, 0) is 18.3 Å². The van der Waals surface area contributed by atoms with Crippen LogP contribution in [0, 0.1) is 16.7 Å². The van der Waals surface area contributed by atoms with Gasteiger partial charge in [-0.2, -0.15) is 5.26 Å². The van der Waals surface area contributed by atoms with Crippen LogP contribution in [0.1, 0.15) is 25.0 Å². The third-order valence-corrected chi connectivity index (χ3v) is 2.70. The highest BCUT2D eigenvalue weighted by atomic mass is 16.5. The molecule has 0 saturated heterocycles. The lowest BCUT2D eigenvalue weighted by molar-refractivity contribution is 0.362. The van der Waals surface area contributed by atoms with Crippen LogP contribution in [0.15, 0.2) is 16.8 Å². The van der Waals surface area contributed by atoms with Crippen LogP contribution < -0.4 is 5.32 Å². The second-order valence-corrected chi connectivity index (χ2v) is 3.92. The third-order valence-electron chi connectivity index (χ3n) is 2.70. The minimum Gasteiger partial charge on any atom is -0.360 e. The zero-order valence-corrected chi connectivity index (χ0v) is 7.99. The summed E-state index contributed by atoms with van der Waals surface area (Å²) in [5.41, 5.74) is 0.259. The molecule has 1 aromatic rings. The first-order chi connectivity index (χ1) is 6.85. The molecule has 4 heteroatoms. The second kappa shape index (κ2) is 3.81. The first-order valence-corrected chi connectivity index (χ1v) is 4.82. The number of aromatic nitrogens is 1. The molecule has 2 rings (SSSR count). The molecule has 1 aliphatic rings. The molecule has 4 nitrogen and oxygen atoms in total. The summed E-state index contributed by atoms with van der Waals surface area (Å²) in [4.78, 5) is 0. The molecular formula is C10H13N3O. The van der Waals surface area contributed by atoms with Crippen molar-refractivity contribution in [3.8, 4) is 6.07 Å². The molecular weight excluding hydrogens is 178 g/mol. The van der Waals surface area contributed by atoms with Crippen molar-refractivity contribution in [3.63, 3.8) is 0 Å². The van der Waals surface area contributed by atoms with Gasteiger partial charge in [0.05, 0.1) is 18.8 Å². The van der Waals surface area contributed by atoms with Gasteiger partial charge in [0.25, 0.3) is 0 Å². The Kier molecular flexibility index (Phi) is 2.51. The average Bonchev–Trinajstić information content (AvgIpc) is 2.75. The summed E-state index contributed by atoms with van der Waals surface area (Å²) in [6, 6.07) is 4.08. The average molecular weight is 191 g/mol. The Balaban J connectivity index is 1.71. The normalized spacial score (nSPS) is 17.6. The van der Waals surface area contributed by atoms with Crippen molar-refractivity contribution in [1.82, 2.24) is 10.5 Å². The fraction of sp³-hybridized carbons (Fsp3) is 0.600. The first kappa shape index (κ1) is 9.22. The highest BCUT2D eigenvalue weighted by molar-refractivity contribution is 5.01. The summed E-state index contributed by atoms with van der Waals surface area (Å²) < 4.78 is 4.95. The van der Waals surface area contributed by atoms with Crippen LogP contribution >= 0.6 is 0 Å². The largest absolute Gasteiger partial charge is 0.360 e. The van der Waals surface area contributed by atoms with Crippen molar-refractivity contribution in [3.05, 3.63) is 18.0 Å². The summed E-state index contributed by atoms with van der Waals surface area (Å²) >= 11 is 0. The Bertz CT molecular complexity index is 322. The maximum absolute atomic E-state index is 8.62. The van der Waals surface area contributed by atoms with E-state index in [1.165, 1.54) is 12.8 Å². The van der Waals surface area contributed by atoms with E-state index >= 15 is 0 Å². The van der Waals surface area contributed by atoms with Gasteiger partial charge in [0.2, 0.25) is 0 Å². The molecule has 1 aliphatic carbocycles. The van der Waals surface area contributed by atoms with Crippen LogP contribution in [-0.4, -0.2) is 11.7 Å². The summed E-state index contributed by atoms with van der Waals surface area (Å²) in [7, 11) is 0. The smallest absolute Gasteiger partial charge is 0.150 e. The van der Waals surface area contributed by atoms with E-state index in [1.54, 1.807) is 6.20 Å². The van der Waals surface area contributed by atoms with E-state index in [0.717, 1.165) is 12.3 Å². The van der Waals surface area contributed by atoms with Gasteiger partial charge >= 0.3 is 0 Å². The molecule has 1 saturated carbocycles. The highest BCUT2D eigenvalue weighted by Crippen LogP contribution is 2.47. The molecule has 1 heterocycles. The van der Waals surface area contributed by atoms with Gasteiger partial charge in [-0.15, -0.1) is 0 Å². The number of nitrogens with one attached hydrogen (secondary N) is 1. The minimum absolute atomic E-state index is 0.259. The van der Waals surface area contributed by atoms with Crippen molar-refractivity contribution in [1.29, 1.82) is 5.26 Å². The van der Waals surface area contributed by atoms with Crippen molar-refractivity contribution in [2.24, 2.45) is 5.41 Å². The maximum Gasteiger partial charge on any atom is 0.150 e. The molecule has 74 valence electrons. The zero-order chi connectivity index (χ0) is 9.86. The van der Waals surface area contributed by atoms with Gasteiger partial charge in [-0.25, -0.2) is 0 Å². The van der Waals surface area contributed by atoms with Crippen LogP contribution in [-0.2, 0) is 6.54 Å². The fourth-order valence-electron chi connectivity index (χ4n) is 1.54. The molecule has 0 radical (unpaired) electrons. The van der Waals surface area contributed by atoms with E-state index in [4.69, 9.17) is 9.78 Å². The maximum atomic E-state index is 8.62. The first-order valence-electron chi connectivity index (χ1n) is 4.82.